The average Bonchev–Trinajstić information content (AvgIpc) is 2.65. The van der Waals surface area contributed by atoms with E-state index in [1.165, 1.54) is 11.3 Å². The molecule has 0 aromatic carbocycles. The Balaban J connectivity index is 2.93. The van der Waals surface area contributed by atoms with E-state index in [-0.39, 0.29) is 0 Å². The molecule has 0 unspecified atom stereocenters. The van der Waals surface area contributed by atoms with Crippen LogP contribution in [0.25, 0.3) is 5.57 Å². The lowest BCUT2D eigenvalue weighted by Gasteiger charge is -1.91. The maximum atomic E-state index is 4.05. The van der Waals surface area contributed by atoms with Crippen LogP contribution in [0.5, 0.6) is 0 Å². The minimum Gasteiger partial charge on any atom is -0.269 e. The minimum absolute atomic E-state index is 0.892. The number of hydrogen-bond donors (Lipinski definition) is 0. The van der Waals surface area contributed by atoms with Gasteiger partial charge in [-0.05, 0) is 13.8 Å². The normalized spacial score (nSPS) is 13.2. The summed E-state index contributed by atoms with van der Waals surface area (Å²) in [6.07, 6.45) is 7.44. The van der Waals surface area contributed by atoms with Gasteiger partial charge in [0, 0.05) is 18.0 Å². The molecule has 0 aliphatic heterocycles. The first-order chi connectivity index (χ1) is 6.38. The van der Waals surface area contributed by atoms with Crippen LogP contribution >= 0.6 is 11.3 Å². The number of allylic oxidation sites excluding steroid dienone is 3. The maximum absolute atomic E-state index is 4.05. The SMILES string of the molecule is CC=C/C(=C\N=CC)c1nncs1. The van der Waals surface area contributed by atoms with Gasteiger partial charge in [-0.3, -0.25) is 4.99 Å². The van der Waals surface area contributed by atoms with Gasteiger partial charge in [-0.25, -0.2) is 0 Å². The Morgan fingerprint density at radius 3 is 2.92 bits per heavy atom. The molecule has 0 saturated heterocycles. The van der Waals surface area contributed by atoms with Crippen molar-refractivity contribution in [3.63, 3.8) is 0 Å². The van der Waals surface area contributed by atoms with E-state index in [9.17, 15) is 0 Å². The zero-order valence-electron chi connectivity index (χ0n) is 7.64. The van der Waals surface area contributed by atoms with Crippen LogP contribution in [0.15, 0.2) is 28.9 Å². The summed E-state index contributed by atoms with van der Waals surface area (Å²) in [4.78, 5) is 4.05. The molecule has 0 bridgehead atoms. The monoisotopic (exact) mass is 193 g/mol. The molecule has 1 aromatic rings. The van der Waals surface area contributed by atoms with Gasteiger partial charge in [0.15, 0.2) is 0 Å². The molecule has 1 rings (SSSR count). The van der Waals surface area contributed by atoms with Crippen LogP contribution in [-0.2, 0) is 0 Å². The fourth-order valence-corrected chi connectivity index (χ4v) is 1.35. The highest BCUT2D eigenvalue weighted by molar-refractivity contribution is 7.10. The Morgan fingerprint density at radius 1 is 1.54 bits per heavy atom. The Hall–Kier alpha value is -1.29. The Morgan fingerprint density at radius 2 is 2.38 bits per heavy atom. The van der Waals surface area contributed by atoms with Crippen molar-refractivity contribution in [1.29, 1.82) is 0 Å². The zero-order chi connectivity index (χ0) is 9.52. The number of nitrogens with zero attached hydrogens (tertiary/aromatic N) is 3. The highest BCUT2D eigenvalue weighted by Gasteiger charge is 1.99. The highest BCUT2D eigenvalue weighted by atomic mass is 32.1. The molecule has 0 spiro atoms. The molecule has 0 aliphatic rings. The van der Waals surface area contributed by atoms with Crippen LogP contribution < -0.4 is 0 Å². The van der Waals surface area contributed by atoms with Gasteiger partial charge in [-0.1, -0.05) is 23.5 Å². The standard InChI is InChI=1S/C9H11N3S/c1-3-5-8(6-10-4-2)9-12-11-7-13-9/h3-7H,1-2H3/b5-3?,8-6+,10-4?. The predicted octanol–water partition coefficient (Wildman–Crippen LogP) is 2.55. The summed E-state index contributed by atoms with van der Waals surface area (Å²) < 4.78 is 0. The van der Waals surface area contributed by atoms with Crippen molar-refractivity contribution >= 4 is 23.1 Å². The smallest absolute Gasteiger partial charge is 0.149 e. The van der Waals surface area contributed by atoms with Crippen LogP contribution in [0.1, 0.15) is 18.9 Å². The molecule has 0 saturated carbocycles. The molecule has 4 heteroatoms. The Bertz CT molecular complexity index is 323. The lowest BCUT2D eigenvalue weighted by molar-refractivity contribution is 1.07. The summed E-state index contributed by atoms with van der Waals surface area (Å²) in [6.45, 7) is 3.84. The summed E-state index contributed by atoms with van der Waals surface area (Å²) in [6, 6.07) is 0. The third kappa shape index (κ3) is 2.91. The van der Waals surface area contributed by atoms with Crippen molar-refractivity contribution in [2.75, 3.05) is 0 Å². The van der Waals surface area contributed by atoms with E-state index in [1.807, 2.05) is 26.0 Å². The Labute approximate surface area is 81.6 Å². The largest absolute Gasteiger partial charge is 0.269 e. The van der Waals surface area contributed by atoms with E-state index in [0.29, 0.717) is 0 Å². The van der Waals surface area contributed by atoms with Crippen molar-refractivity contribution in [1.82, 2.24) is 10.2 Å². The van der Waals surface area contributed by atoms with Crippen molar-refractivity contribution < 1.29 is 0 Å². The van der Waals surface area contributed by atoms with E-state index >= 15 is 0 Å². The van der Waals surface area contributed by atoms with Gasteiger partial charge >= 0.3 is 0 Å². The lowest BCUT2D eigenvalue weighted by atomic mass is 10.3. The van der Waals surface area contributed by atoms with Gasteiger partial charge in [0.2, 0.25) is 0 Å². The summed E-state index contributed by atoms with van der Waals surface area (Å²) in [5.41, 5.74) is 2.70. The molecule has 1 aromatic heterocycles. The fraction of sp³-hybridized carbons (Fsp3) is 0.222. The zero-order valence-corrected chi connectivity index (χ0v) is 8.45. The van der Waals surface area contributed by atoms with Gasteiger partial charge in [0.1, 0.15) is 10.5 Å². The van der Waals surface area contributed by atoms with Crippen molar-refractivity contribution in [2.45, 2.75) is 13.8 Å². The molecular formula is C9H11N3S. The highest BCUT2D eigenvalue weighted by Crippen LogP contribution is 2.16. The lowest BCUT2D eigenvalue weighted by Crippen LogP contribution is -1.79. The van der Waals surface area contributed by atoms with Crippen LogP contribution in [0.3, 0.4) is 0 Å². The Kier molecular flexibility index (Phi) is 4.05. The summed E-state index contributed by atoms with van der Waals surface area (Å²) >= 11 is 1.51. The second-order valence-electron chi connectivity index (χ2n) is 2.24. The second-order valence-corrected chi connectivity index (χ2v) is 3.07. The van der Waals surface area contributed by atoms with E-state index < -0.39 is 0 Å². The molecule has 13 heavy (non-hydrogen) atoms. The molecule has 0 atom stereocenters. The molecule has 0 radical (unpaired) electrons. The predicted molar refractivity (Wildman–Crippen MR) is 56.9 cm³/mol. The third-order valence-electron chi connectivity index (χ3n) is 1.32. The van der Waals surface area contributed by atoms with Crippen LogP contribution in [-0.4, -0.2) is 16.4 Å². The maximum Gasteiger partial charge on any atom is 0.149 e. The van der Waals surface area contributed by atoms with Gasteiger partial charge in [-0.2, -0.15) is 0 Å². The quantitative estimate of drug-likeness (QED) is 0.546. The van der Waals surface area contributed by atoms with Crippen molar-refractivity contribution in [3.8, 4) is 0 Å². The first-order valence-electron chi connectivity index (χ1n) is 3.95. The number of aromatic nitrogens is 2. The first-order valence-corrected chi connectivity index (χ1v) is 4.83. The van der Waals surface area contributed by atoms with Crippen LogP contribution in [0.2, 0.25) is 0 Å². The van der Waals surface area contributed by atoms with Crippen LogP contribution in [0, 0.1) is 0 Å². The molecule has 1 heterocycles. The van der Waals surface area contributed by atoms with E-state index in [1.54, 1.807) is 17.9 Å². The first kappa shape index (κ1) is 9.80. The van der Waals surface area contributed by atoms with Gasteiger partial charge in [0.25, 0.3) is 0 Å². The summed E-state index contributed by atoms with van der Waals surface area (Å²) in [7, 11) is 0. The van der Waals surface area contributed by atoms with Crippen molar-refractivity contribution in [3.05, 3.63) is 28.9 Å². The number of rotatable bonds is 3. The van der Waals surface area contributed by atoms with Crippen molar-refractivity contribution in [2.24, 2.45) is 4.99 Å². The van der Waals surface area contributed by atoms with Gasteiger partial charge in [0.05, 0.1) is 0 Å². The third-order valence-corrected chi connectivity index (χ3v) is 2.06. The van der Waals surface area contributed by atoms with E-state index in [0.717, 1.165) is 10.6 Å². The molecule has 0 fully saturated rings. The fourth-order valence-electron chi connectivity index (χ4n) is 0.803. The molecular weight excluding hydrogens is 182 g/mol. The minimum atomic E-state index is 0.892. The number of hydrogen-bond acceptors (Lipinski definition) is 4. The molecule has 0 amide bonds. The molecule has 0 N–H and O–H groups in total. The van der Waals surface area contributed by atoms with Gasteiger partial charge in [-0.15, -0.1) is 10.2 Å². The van der Waals surface area contributed by atoms with Gasteiger partial charge < -0.3 is 0 Å². The molecule has 3 nitrogen and oxygen atoms in total. The molecule has 0 aliphatic carbocycles. The van der Waals surface area contributed by atoms with Crippen LogP contribution in [0.4, 0.5) is 0 Å². The summed E-state index contributed by atoms with van der Waals surface area (Å²) in [5.74, 6) is 0. The van der Waals surface area contributed by atoms with E-state index in [2.05, 4.69) is 15.2 Å². The topological polar surface area (TPSA) is 38.1 Å². The average molecular weight is 193 g/mol. The second kappa shape index (κ2) is 5.37. The van der Waals surface area contributed by atoms with E-state index in [4.69, 9.17) is 0 Å². The number of aliphatic imine (C=N–C) groups is 1. The summed E-state index contributed by atoms with van der Waals surface area (Å²) in [5, 5.41) is 8.63. The molecule has 68 valence electrons.